The number of hydrogen-bond donors (Lipinski definition) is 2. The first-order valence-electron chi connectivity index (χ1n) is 7.69. The molecule has 7 heteroatoms. The first-order chi connectivity index (χ1) is 12.0. The van der Waals surface area contributed by atoms with E-state index in [1.807, 2.05) is 56.3 Å². The second kappa shape index (κ2) is 7.48. The minimum absolute atomic E-state index is 0.107. The fourth-order valence-electron chi connectivity index (χ4n) is 2.41. The molecular weight excluding hydrogens is 384 g/mol. The van der Waals surface area contributed by atoms with Crippen molar-refractivity contribution in [3.63, 3.8) is 0 Å². The second-order valence-corrected chi connectivity index (χ2v) is 6.59. The Balaban J connectivity index is 1.60. The quantitative estimate of drug-likeness (QED) is 0.680. The first-order valence-corrected chi connectivity index (χ1v) is 8.48. The number of aromatic nitrogens is 3. The maximum atomic E-state index is 12.0. The molecule has 0 fully saturated rings. The molecule has 0 aliphatic heterocycles. The number of ether oxygens (including phenoxy) is 1. The molecule has 0 saturated carbocycles. The highest BCUT2D eigenvalue weighted by Gasteiger charge is 2.10. The minimum atomic E-state index is -0.320. The van der Waals surface area contributed by atoms with Gasteiger partial charge < -0.3 is 4.74 Å². The van der Waals surface area contributed by atoms with Gasteiger partial charge in [0.2, 0.25) is 5.95 Å². The van der Waals surface area contributed by atoms with Gasteiger partial charge in [-0.2, -0.15) is 4.98 Å². The predicted molar refractivity (Wildman–Crippen MR) is 99.6 cm³/mol. The molecule has 0 aliphatic carbocycles. The van der Waals surface area contributed by atoms with Gasteiger partial charge in [-0.15, -0.1) is 5.10 Å². The van der Waals surface area contributed by atoms with Crippen LogP contribution in [0.3, 0.4) is 0 Å². The van der Waals surface area contributed by atoms with E-state index in [2.05, 4.69) is 36.4 Å². The van der Waals surface area contributed by atoms with Crippen LogP contribution < -0.4 is 10.1 Å². The number of hydrogen-bond acceptors (Lipinski definition) is 4. The minimum Gasteiger partial charge on any atom is -0.484 e. The summed E-state index contributed by atoms with van der Waals surface area (Å²) in [4.78, 5) is 16.3. The molecule has 1 amide bonds. The molecule has 1 aromatic heterocycles. The molecule has 0 bridgehead atoms. The lowest BCUT2D eigenvalue weighted by atomic mass is 10.1. The van der Waals surface area contributed by atoms with Crippen molar-refractivity contribution < 1.29 is 9.53 Å². The molecule has 6 nitrogen and oxygen atoms in total. The van der Waals surface area contributed by atoms with Crippen LogP contribution in [0.15, 0.2) is 46.9 Å². The number of carbonyl (C=O) groups is 1. The zero-order valence-electron chi connectivity index (χ0n) is 13.8. The third-order valence-corrected chi connectivity index (χ3v) is 3.89. The standard InChI is InChI=1S/C18H17BrN4O2/c1-11-6-12(2)8-15(7-11)25-10-16(24)20-18-21-17(22-23-18)13-4-3-5-14(19)9-13/h3-9H,10H2,1-2H3,(H2,20,21,22,23,24). The van der Waals surface area contributed by atoms with E-state index in [0.717, 1.165) is 21.2 Å². The number of nitrogens with zero attached hydrogens (tertiary/aromatic N) is 2. The summed E-state index contributed by atoms with van der Waals surface area (Å²) in [5.41, 5.74) is 3.04. The molecular formula is C18H17BrN4O2. The highest BCUT2D eigenvalue weighted by Crippen LogP contribution is 2.20. The zero-order valence-corrected chi connectivity index (χ0v) is 15.4. The van der Waals surface area contributed by atoms with Crippen LogP contribution in [-0.4, -0.2) is 27.7 Å². The Morgan fingerprint density at radius 2 is 1.96 bits per heavy atom. The molecule has 0 radical (unpaired) electrons. The average molecular weight is 401 g/mol. The predicted octanol–water partition coefficient (Wildman–Crippen LogP) is 3.87. The van der Waals surface area contributed by atoms with E-state index in [0.29, 0.717) is 11.6 Å². The summed E-state index contributed by atoms with van der Waals surface area (Å²) in [6.07, 6.45) is 0. The van der Waals surface area contributed by atoms with Gasteiger partial charge in [-0.3, -0.25) is 15.2 Å². The number of amides is 1. The van der Waals surface area contributed by atoms with Crippen LogP contribution in [0.4, 0.5) is 5.95 Å². The van der Waals surface area contributed by atoms with Gasteiger partial charge in [0.05, 0.1) is 0 Å². The molecule has 1 heterocycles. The summed E-state index contributed by atoms with van der Waals surface area (Å²) in [5, 5.41) is 9.43. The fraction of sp³-hybridized carbons (Fsp3) is 0.167. The Hall–Kier alpha value is -2.67. The number of anilines is 1. The maximum absolute atomic E-state index is 12.0. The molecule has 0 unspecified atom stereocenters. The molecule has 3 rings (SSSR count). The van der Waals surface area contributed by atoms with E-state index >= 15 is 0 Å². The van der Waals surface area contributed by atoms with E-state index < -0.39 is 0 Å². The van der Waals surface area contributed by atoms with Crippen LogP contribution in [0.1, 0.15) is 11.1 Å². The highest BCUT2D eigenvalue weighted by atomic mass is 79.9. The largest absolute Gasteiger partial charge is 0.484 e. The van der Waals surface area contributed by atoms with Crippen molar-refractivity contribution in [3.8, 4) is 17.1 Å². The summed E-state index contributed by atoms with van der Waals surface area (Å²) in [6.45, 7) is 3.86. The van der Waals surface area contributed by atoms with Crippen molar-refractivity contribution >= 4 is 27.8 Å². The Labute approximate surface area is 153 Å². The Kier molecular flexibility index (Phi) is 5.14. The number of aromatic amines is 1. The lowest BCUT2D eigenvalue weighted by Crippen LogP contribution is -2.20. The van der Waals surface area contributed by atoms with Gasteiger partial charge in [-0.1, -0.05) is 34.1 Å². The van der Waals surface area contributed by atoms with E-state index in [1.165, 1.54) is 0 Å². The van der Waals surface area contributed by atoms with Gasteiger partial charge in [0.15, 0.2) is 12.4 Å². The molecule has 2 aromatic carbocycles. The van der Waals surface area contributed by atoms with Crippen molar-refractivity contribution in [2.24, 2.45) is 0 Å². The second-order valence-electron chi connectivity index (χ2n) is 5.68. The summed E-state index contributed by atoms with van der Waals surface area (Å²) >= 11 is 3.41. The molecule has 25 heavy (non-hydrogen) atoms. The molecule has 0 spiro atoms. The Bertz CT molecular complexity index is 887. The van der Waals surface area contributed by atoms with E-state index in [9.17, 15) is 4.79 Å². The molecule has 0 aliphatic rings. The average Bonchev–Trinajstić information content (AvgIpc) is 3.00. The monoisotopic (exact) mass is 400 g/mol. The number of aryl methyl sites for hydroxylation is 2. The summed E-state index contributed by atoms with van der Waals surface area (Å²) < 4.78 is 6.46. The third-order valence-electron chi connectivity index (χ3n) is 3.40. The third kappa shape index (κ3) is 4.67. The van der Waals surface area contributed by atoms with E-state index in [-0.39, 0.29) is 18.5 Å². The van der Waals surface area contributed by atoms with Crippen LogP contribution in [0.25, 0.3) is 11.4 Å². The number of halogens is 1. The van der Waals surface area contributed by atoms with Crippen molar-refractivity contribution in [1.29, 1.82) is 0 Å². The van der Waals surface area contributed by atoms with Crippen LogP contribution >= 0.6 is 15.9 Å². The maximum Gasteiger partial charge on any atom is 0.264 e. The lowest BCUT2D eigenvalue weighted by Gasteiger charge is -2.07. The summed E-state index contributed by atoms with van der Waals surface area (Å²) in [7, 11) is 0. The zero-order chi connectivity index (χ0) is 17.8. The summed E-state index contributed by atoms with van der Waals surface area (Å²) in [6, 6.07) is 13.5. The number of benzene rings is 2. The number of carbonyl (C=O) groups excluding carboxylic acids is 1. The van der Waals surface area contributed by atoms with E-state index in [1.54, 1.807) is 0 Å². The first kappa shape index (κ1) is 17.2. The molecule has 128 valence electrons. The van der Waals surface area contributed by atoms with Gasteiger partial charge >= 0.3 is 0 Å². The normalized spacial score (nSPS) is 10.5. The van der Waals surface area contributed by atoms with Crippen molar-refractivity contribution in [2.75, 3.05) is 11.9 Å². The van der Waals surface area contributed by atoms with Crippen LogP contribution in [-0.2, 0) is 4.79 Å². The van der Waals surface area contributed by atoms with Crippen LogP contribution in [0.2, 0.25) is 0 Å². The number of rotatable bonds is 5. The number of nitrogens with one attached hydrogen (secondary N) is 2. The van der Waals surface area contributed by atoms with Crippen molar-refractivity contribution in [1.82, 2.24) is 15.2 Å². The van der Waals surface area contributed by atoms with Gasteiger partial charge in [-0.25, -0.2) is 0 Å². The SMILES string of the molecule is Cc1cc(C)cc(OCC(=O)Nc2n[nH]c(-c3cccc(Br)c3)n2)c1. The highest BCUT2D eigenvalue weighted by molar-refractivity contribution is 9.10. The van der Waals surface area contributed by atoms with Crippen molar-refractivity contribution in [2.45, 2.75) is 13.8 Å². The van der Waals surface area contributed by atoms with Crippen molar-refractivity contribution in [3.05, 3.63) is 58.1 Å². The van der Waals surface area contributed by atoms with E-state index in [4.69, 9.17) is 4.74 Å². The van der Waals surface area contributed by atoms with Gasteiger partial charge in [-0.05, 0) is 49.2 Å². The molecule has 3 aromatic rings. The molecule has 2 N–H and O–H groups in total. The van der Waals surface area contributed by atoms with Gasteiger partial charge in [0.1, 0.15) is 5.75 Å². The molecule has 0 saturated heterocycles. The summed E-state index contributed by atoms with van der Waals surface area (Å²) in [5.74, 6) is 1.13. The fourth-order valence-corrected chi connectivity index (χ4v) is 2.81. The van der Waals surface area contributed by atoms with Gasteiger partial charge in [0.25, 0.3) is 5.91 Å². The smallest absolute Gasteiger partial charge is 0.264 e. The van der Waals surface area contributed by atoms with Gasteiger partial charge in [0, 0.05) is 10.0 Å². The Morgan fingerprint density at radius 1 is 1.20 bits per heavy atom. The lowest BCUT2D eigenvalue weighted by molar-refractivity contribution is -0.118. The number of H-pyrrole nitrogens is 1. The van der Waals surface area contributed by atoms with Crippen LogP contribution in [0, 0.1) is 13.8 Å². The topological polar surface area (TPSA) is 79.9 Å². The van der Waals surface area contributed by atoms with Crippen LogP contribution in [0.5, 0.6) is 5.75 Å². The Morgan fingerprint density at radius 3 is 2.68 bits per heavy atom. The molecule has 0 atom stereocenters.